The first-order valence-corrected chi connectivity index (χ1v) is 5.02. The average Bonchev–Trinajstić information content (AvgIpc) is 2.31. The minimum atomic E-state index is -0.556. The number of nitrogens with two attached hydrogens (primary N) is 1. The van der Waals surface area contributed by atoms with Crippen LogP contribution in [0.4, 0.5) is 10.1 Å². The molecule has 0 spiro atoms. The fourth-order valence-corrected chi connectivity index (χ4v) is 1.41. The molecule has 0 amide bonds. The van der Waals surface area contributed by atoms with Gasteiger partial charge in [0.25, 0.3) is 0 Å². The number of halogens is 2. The summed E-state index contributed by atoms with van der Waals surface area (Å²) in [7, 11) is 0. The van der Waals surface area contributed by atoms with Crippen LogP contribution >= 0.6 is 11.6 Å². The van der Waals surface area contributed by atoms with Crippen LogP contribution in [-0.2, 0) is 0 Å². The van der Waals surface area contributed by atoms with Gasteiger partial charge in [-0.2, -0.15) is 0 Å². The van der Waals surface area contributed by atoms with E-state index in [1.165, 1.54) is 12.1 Å². The maximum Gasteiger partial charge on any atom is 0.152 e. The Morgan fingerprint density at radius 3 is 2.44 bits per heavy atom. The van der Waals surface area contributed by atoms with E-state index in [1.54, 1.807) is 12.1 Å². The predicted octanol–water partition coefficient (Wildman–Crippen LogP) is 3.85. The SMILES string of the molecule is Nc1c(Oc2ccccc2)ccc(F)c1Cl. The second kappa shape index (κ2) is 4.41. The first kappa shape index (κ1) is 10.8. The fourth-order valence-electron chi connectivity index (χ4n) is 1.25. The van der Waals surface area contributed by atoms with Crippen LogP contribution in [0, 0.1) is 5.82 Å². The summed E-state index contributed by atoms with van der Waals surface area (Å²) in [5, 5.41) is -0.117. The highest BCUT2D eigenvalue weighted by Gasteiger charge is 2.10. The molecule has 0 unspecified atom stereocenters. The van der Waals surface area contributed by atoms with Crippen molar-refractivity contribution in [3.05, 3.63) is 53.3 Å². The van der Waals surface area contributed by atoms with Crippen molar-refractivity contribution in [2.75, 3.05) is 5.73 Å². The Balaban J connectivity index is 2.33. The summed E-state index contributed by atoms with van der Waals surface area (Å²) >= 11 is 5.67. The van der Waals surface area contributed by atoms with E-state index in [-0.39, 0.29) is 10.7 Å². The molecule has 0 fully saturated rings. The maximum absolute atomic E-state index is 13.0. The van der Waals surface area contributed by atoms with Gasteiger partial charge in [-0.25, -0.2) is 4.39 Å². The number of anilines is 1. The zero-order chi connectivity index (χ0) is 11.5. The van der Waals surface area contributed by atoms with Crippen molar-refractivity contribution in [2.45, 2.75) is 0 Å². The quantitative estimate of drug-likeness (QED) is 0.805. The zero-order valence-electron chi connectivity index (χ0n) is 8.28. The first-order chi connectivity index (χ1) is 7.68. The number of hydrogen-bond donors (Lipinski definition) is 1. The molecule has 0 atom stereocenters. The second-order valence-electron chi connectivity index (χ2n) is 3.19. The zero-order valence-corrected chi connectivity index (χ0v) is 9.04. The molecule has 0 aliphatic heterocycles. The Labute approximate surface area is 97.4 Å². The van der Waals surface area contributed by atoms with E-state index in [4.69, 9.17) is 22.1 Å². The van der Waals surface area contributed by atoms with E-state index in [9.17, 15) is 4.39 Å². The molecule has 2 N–H and O–H groups in total. The topological polar surface area (TPSA) is 35.2 Å². The molecule has 2 nitrogen and oxygen atoms in total. The summed E-state index contributed by atoms with van der Waals surface area (Å²) < 4.78 is 18.5. The average molecular weight is 238 g/mol. The molecule has 16 heavy (non-hydrogen) atoms. The van der Waals surface area contributed by atoms with Crippen LogP contribution in [0.15, 0.2) is 42.5 Å². The van der Waals surface area contributed by atoms with Crippen LogP contribution in [0.5, 0.6) is 11.5 Å². The summed E-state index contributed by atoms with van der Waals surface area (Å²) in [6.45, 7) is 0. The van der Waals surface area contributed by atoms with Gasteiger partial charge in [0.15, 0.2) is 5.75 Å². The van der Waals surface area contributed by atoms with E-state index in [0.717, 1.165) is 0 Å². The molecule has 0 radical (unpaired) electrons. The smallest absolute Gasteiger partial charge is 0.152 e. The highest BCUT2D eigenvalue weighted by Crippen LogP contribution is 2.34. The van der Waals surface area contributed by atoms with Gasteiger partial charge in [0.1, 0.15) is 16.6 Å². The van der Waals surface area contributed by atoms with E-state index in [0.29, 0.717) is 11.5 Å². The summed E-state index contributed by atoms with van der Waals surface area (Å²) in [5.41, 5.74) is 5.74. The largest absolute Gasteiger partial charge is 0.455 e. The molecule has 0 aromatic heterocycles. The van der Waals surface area contributed by atoms with Gasteiger partial charge >= 0.3 is 0 Å². The van der Waals surface area contributed by atoms with E-state index >= 15 is 0 Å². The highest BCUT2D eigenvalue weighted by atomic mass is 35.5. The monoisotopic (exact) mass is 237 g/mol. The van der Waals surface area contributed by atoms with Crippen LogP contribution in [0.2, 0.25) is 5.02 Å². The highest BCUT2D eigenvalue weighted by molar-refractivity contribution is 6.33. The number of benzene rings is 2. The second-order valence-corrected chi connectivity index (χ2v) is 3.57. The Kier molecular flexibility index (Phi) is 2.97. The third-order valence-corrected chi connectivity index (χ3v) is 2.45. The van der Waals surface area contributed by atoms with Gasteiger partial charge in [0.2, 0.25) is 0 Å². The summed E-state index contributed by atoms with van der Waals surface area (Å²) in [6, 6.07) is 11.7. The van der Waals surface area contributed by atoms with Crippen molar-refractivity contribution in [1.29, 1.82) is 0 Å². The number of nitrogen functional groups attached to an aromatic ring is 1. The van der Waals surface area contributed by atoms with Crippen molar-refractivity contribution >= 4 is 17.3 Å². The lowest BCUT2D eigenvalue weighted by Crippen LogP contribution is -1.94. The van der Waals surface area contributed by atoms with Crippen molar-refractivity contribution in [2.24, 2.45) is 0 Å². The van der Waals surface area contributed by atoms with Crippen molar-refractivity contribution in [3.8, 4) is 11.5 Å². The third kappa shape index (κ3) is 2.09. The lowest BCUT2D eigenvalue weighted by atomic mass is 10.3. The number of para-hydroxylation sites is 1. The van der Waals surface area contributed by atoms with Crippen molar-refractivity contribution < 1.29 is 9.13 Å². The standard InChI is InChI=1S/C12H9ClFNO/c13-11-9(14)6-7-10(12(11)15)16-8-4-2-1-3-5-8/h1-7H,15H2. The minimum Gasteiger partial charge on any atom is -0.455 e. The van der Waals surface area contributed by atoms with Gasteiger partial charge in [-0.15, -0.1) is 0 Å². The molecule has 2 rings (SSSR count). The van der Waals surface area contributed by atoms with Gasteiger partial charge < -0.3 is 10.5 Å². The Morgan fingerprint density at radius 1 is 1.06 bits per heavy atom. The van der Waals surface area contributed by atoms with Crippen LogP contribution < -0.4 is 10.5 Å². The molecule has 2 aromatic carbocycles. The van der Waals surface area contributed by atoms with Gasteiger partial charge in [0, 0.05) is 0 Å². The molecule has 0 aliphatic carbocycles. The first-order valence-electron chi connectivity index (χ1n) is 4.65. The molecule has 0 aliphatic rings. The molecule has 0 saturated carbocycles. The molecule has 0 bridgehead atoms. The van der Waals surface area contributed by atoms with Crippen molar-refractivity contribution in [1.82, 2.24) is 0 Å². The lowest BCUT2D eigenvalue weighted by Gasteiger charge is -2.09. The molecule has 0 heterocycles. The molecule has 4 heteroatoms. The summed E-state index contributed by atoms with van der Waals surface area (Å²) in [5.74, 6) is 0.411. The van der Waals surface area contributed by atoms with Crippen LogP contribution in [-0.4, -0.2) is 0 Å². The summed E-state index contributed by atoms with van der Waals surface area (Å²) in [6.07, 6.45) is 0. The van der Waals surface area contributed by atoms with Gasteiger partial charge in [-0.1, -0.05) is 29.8 Å². The van der Waals surface area contributed by atoms with E-state index in [1.807, 2.05) is 18.2 Å². The number of ether oxygens (including phenoxy) is 1. The van der Waals surface area contributed by atoms with Gasteiger partial charge in [0.05, 0.1) is 5.69 Å². The minimum absolute atomic E-state index is 0.102. The molecular formula is C12H9ClFNO. The molecule has 0 saturated heterocycles. The third-order valence-electron chi connectivity index (χ3n) is 2.06. The fraction of sp³-hybridized carbons (Fsp3) is 0. The van der Waals surface area contributed by atoms with Crippen LogP contribution in [0.25, 0.3) is 0 Å². The van der Waals surface area contributed by atoms with Gasteiger partial charge in [-0.3, -0.25) is 0 Å². The van der Waals surface area contributed by atoms with Gasteiger partial charge in [-0.05, 0) is 24.3 Å². The maximum atomic E-state index is 13.0. The molecular weight excluding hydrogens is 229 g/mol. The molecule has 82 valence electrons. The normalized spacial score (nSPS) is 10.1. The van der Waals surface area contributed by atoms with Crippen LogP contribution in [0.1, 0.15) is 0 Å². The summed E-state index contributed by atoms with van der Waals surface area (Å²) in [4.78, 5) is 0. The predicted molar refractivity (Wildman–Crippen MR) is 62.3 cm³/mol. The Bertz CT molecular complexity index is 502. The number of rotatable bonds is 2. The Morgan fingerprint density at radius 2 is 1.75 bits per heavy atom. The molecule has 2 aromatic rings. The van der Waals surface area contributed by atoms with E-state index < -0.39 is 5.82 Å². The Hall–Kier alpha value is -1.74. The lowest BCUT2D eigenvalue weighted by molar-refractivity contribution is 0.483. The number of hydrogen-bond acceptors (Lipinski definition) is 2. The van der Waals surface area contributed by atoms with Crippen LogP contribution in [0.3, 0.4) is 0 Å². The van der Waals surface area contributed by atoms with Crippen molar-refractivity contribution in [3.63, 3.8) is 0 Å². The van der Waals surface area contributed by atoms with E-state index in [2.05, 4.69) is 0 Å².